The highest BCUT2D eigenvalue weighted by Crippen LogP contribution is 2.06. The van der Waals surface area contributed by atoms with E-state index in [2.05, 4.69) is 5.16 Å². The number of hydrogen-bond acceptors (Lipinski definition) is 3. The second kappa shape index (κ2) is 6.72. The Balaban J connectivity index is 2.55. The molecule has 104 valence electrons. The first kappa shape index (κ1) is 14.9. The topological polar surface area (TPSA) is 78.9 Å². The molecule has 0 bridgehead atoms. The van der Waals surface area contributed by atoms with Crippen LogP contribution in [-0.2, 0) is 11.2 Å². The molecular weight excluding hydrogens is 249 g/mol. The van der Waals surface area contributed by atoms with Crippen molar-refractivity contribution in [3.8, 4) is 0 Å². The number of nitrogens with zero attached hydrogens (tertiary/aromatic N) is 2. The van der Waals surface area contributed by atoms with Crippen LogP contribution in [0.25, 0.3) is 0 Å². The van der Waals surface area contributed by atoms with Crippen LogP contribution in [0.3, 0.4) is 0 Å². The van der Waals surface area contributed by atoms with Crippen LogP contribution in [-0.4, -0.2) is 35.4 Å². The third-order valence-corrected chi connectivity index (χ3v) is 2.86. The molecule has 6 heteroatoms. The molecule has 5 nitrogen and oxygen atoms in total. The zero-order chi connectivity index (χ0) is 14.4. The lowest BCUT2D eigenvalue weighted by atomic mass is 10.1. The predicted octanol–water partition coefficient (Wildman–Crippen LogP) is 1.21. The molecule has 0 radical (unpaired) electrons. The van der Waals surface area contributed by atoms with E-state index in [1.54, 1.807) is 26.1 Å². The van der Waals surface area contributed by atoms with Crippen molar-refractivity contribution in [1.29, 1.82) is 0 Å². The van der Waals surface area contributed by atoms with E-state index in [1.807, 2.05) is 0 Å². The number of halogens is 1. The molecule has 0 aliphatic rings. The molecule has 1 amide bonds. The third kappa shape index (κ3) is 4.57. The van der Waals surface area contributed by atoms with Gasteiger partial charge >= 0.3 is 0 Å². The number of carbonyl (C=O) groups is 1. The number of hydrogen-bond donors (Lipinski definition) is 2. The van der Waals surface area contributed by atoms with Gasteiger partial charge in [0.15, 0.2) is 0 Å². The van der Waals surface area contributed by atoms with Gasteiger partial charge in [-0.15, -0.1) is 0 Å². The van der Waals surface area contributed by atoms with Crippen LogP contribution < -0.4 is 5.73 Å². The van der Waals surface area contributed by atoms with Crippen LogP contribution >= 0.6 is 0 Å². The number of benzene rings is 1. The summed E-state index contributed by atoms with van der Waals surface area (Å²) in [6.07, 6.45) is 0.194. The Bertz CT molecular complexity index is 459. The molecule has 0 fully saturated rings. The molecule has 1 aromatic rings. The number of rotatable bonds is 5. The van der Waals surface area contributed by atoms with E-state index in [-0.39, 0.29) is 29.9 Å². The fraction of sp³-hybridized carbons (Fsp3) is 0.385. The zero-order valence-corrected chi connectivity index (χ0v) is 11.0. The number of likely N-dealkylation sites (N-methyl/N-ethyl adjacent to an activating group) is 1. The maximum Gasteiger partial charge on any atom is 0.226 e. The molecule has 0 saturated carbocycles. The highest BCUT2D eigenvalue weighted by atomic mass is 19.1. The lowest BCUT2D eigenvalue weighted by Gasteiger charge is -2.20. The van der Waals surface area contributed by atoms with E-state index < -0.39 is 0 Å². The lowest BCUT2D eigenvalue weighted by molar-refractivity contribution is -0.129. The van der Waals surface area contributed by atoms with Crippen molar-refractivity contribution in [3.05, 3.63) is 35.6 Å². The number of nitrogens with two attached hydrogens (primary N) is 1. The van der Waals surface area contributed by atoms with Gasteiger partial charge in [0.05, 0.1) is 6.42 Å². The summed E-state index contributed by atoms with van der Waals surface area (Å²) in [7, 11) is 1.65. The molecule has 0 saturated heterocycles. The first-order valence-electron chi connectivity index (χ1n) is 5.90. The summed E-state index contributed by atoms with van der Waals surface area (Å²) in [4.78, 5) is 13.4. The van der Waals surface area contributed by atoms with Crippen molar-refractivity contribution in [2.24, 2.45) is 16.8 Å². The fourth-order valence-electron chi connectivity index (χ4n) is 1.62. The molecule has 1 atom stereocenters. The Morgan fingerprint density at radius 3 is 2.58 bits per heavy atom. The largest absolute Gasteiger partial charge is 0.409 e. The van der Waals surface area contributed by atoms with Crippen LogP contribution in [0.5, 0.6) is 0 Å². The number of amidine groups is 1. The highest BCUT2D eigenvalue weighted by molar-refractivity contribution is 5.83. The number of carbonyl (C=O) groups excluding carboxylic acids is 1. The van der Waals surface area contributed by atoms with Crippen molar-refractivity contribution in [2.45, 2.75) is 13.3 Å². The van der Waals surface area contributed by atoms with Crippen molar-refractivity contribution in [1.82, 2.24) is 4.90 Å². The maximum atomic E-state index is 12.7. The van der Waals surface area contributed by atoms with Gasteiger partial charge < -0.3 is 15.8 Å². The quantitative estimate of drug-likeness (QED) is 0.364. The molecule has 1 aromatic carbocycles. The van der Waals surface area contributed by atoms with Gasteiger partial charge in [0.1, 0.15) is 11.7 Å². The van der Waals surface area contributed by atoms with Gasteiger partial charge in [0, 0.05) is 19.5 Å². The lowest BCUT2D eigenvalue weighted by Crippen LogP contribution is -2.37. The normalized spacial score (nSPS) is 13.1. The van der Waals surface area contributed by atoms with Gasteiger partial charge in [-0.25, -0.2) is 4.39 Å². The van der Waals surface area contributed by atoms with Crippen molar-refractivity contribution < 1.29 is 14.4 Å². The van der Waals surface area contributed by atoms with Crippen LogP contribution in [0.15, 0.2) is 29.4 Å². The van der Waals surface area contributed by atoms with Crippen molar-refractivity contribution in [2.75, 3.05) is 13.6 Å². The summed E-state index contributed by atoms with van der Waals surface area (Å²) < 4.78 is 12.7. The third-order valence-electron chi connectivity index (χ3n) is 2.86. The fourth-order valence-corrected chi connectivity index (χ4v) is 1.62. The van der Waals surface area contributed by atoms with E-state index >= 15 is 0 Å². The van der Waals surface area contributed by atoms with Gasteiger partial charge in [-0.1, -0.05) is 24.2 Å². The van der Waals surface area contributed by atoms with E-state index in [1.165, 1.54) is 17.0 Å². The standard InChI is InChI=1S/C13H18FN3O2/c1-9(13(15)16-19)8-17(2)12(18)7-10-3-5-11(14)6-4-10/h3-6,9,19H,7-8H2,1-2H3,(H2,15,16). The van der Waals surface area contributed by atoms with E-state index in [4.69, 9.17) is 10.9 Å². The smallest absolute Gasteiger partial charge is 0.226 e. The van der Waals surface area contributed by atoms with Gasteiger partial charge in [-0.3, -0.25) is 4.79 Å². The molecular formula is C13H18FN3O2. The molecule has 0 heterocycles. The summed E-state index contributed by atoms with van der Waals surface area (Å²) in [5.41, 5.74) is 6.20. The number of oxime groups is 1. The summed E-state index contributed by atoms with van der Waals surface area (Å²) >= 11 is 0. The van der Waals surface area contributed by atoms with E-state index in [0.717, 1.165) is 5.56 Å². The Morgan fingerprint density at radius 1 is 1.47 bits per heavy atom. The molecule has 0 aromatic heterocycles. The summed E-state index contributed by atoms with van der Waals surface area (Å²) in [6, 6.07) is 5.80. The first-order chi connectivity index (χ1) is 8.93. The van der Waals surface area contributed by atoms with E-state index in [0.29, 0.717) is 6.54 Å². The highest BCUT2D eigenvalue weighted by Gasteiger charge is 2.15. The summed E-state index contributed by atoms with van der Waals surface area (Å²) in [5, 5.41) is 11.5. The Hall–Kier alpha value is -2.11. The molecule has 0 aliphatic heterocycles. The van der Waals surface area contributed by atoms with Crippen LogP contribution in [0.2, 0.25) is 0 Å². The van der Waals surface area contributed by atoms with Gasteiger partial charge in [-0.2, -0.15) is 0 Å². The minimum absolute atomic E-state index is 0.0847. The molecule has 0 aliphatic carbocycles. The summed E-state index contributed by atoms with van der Waals surface area (Å²) in [6.45, 7) is 2.12. The summed E-state index contributed by atoms with van der Waals surface area (Å²) in [5.74, 6) is -0.581. The molecule has 19 heavy (non-hydrogen) atoms. The Kier molecular flexibility index (Phi) is 5.29. The SMILES string of the molecule is CC(CN(C)C(=O)Cc1ccc(F)cc1)C(N)=NO. The average Bonchev–Trinajstić information content (AvgIpc) is 2.40. The average molecular weight is 267 g/mol. The molecule has 1 unspecified atom stereocenters. The van der Waals surface area contributed by atoms with Gasteiger partial charge in [-0.05, 0) is 17.7 Å². The first-order valence-corrected chi connectivity index (χ1v) is 5.90. The second-order valence-electron chi connectivity index (χ2n) is 4.50. The van der Waals surface area contributed by atoms with Gasteiger partial charge in [0.25, 0.3) is 0 Å². The Labute approximate surface area is 111 Å². The molecule has 0 spiro atoms. The number of amides is 1. The minimum atomic E-state index is -0.329. The van der Waals surface area contributed by atoms with Crippen LogP contribution in [0.4, 0.5) is 4.39 Å². The van der Waals surface area contributed by atoms with Crippen LogP contribution in [0, 0.1) is 11.7 Å². The second-order valence-corrected chi connectivity index (χ2v) is 4.50. The van der Waals surface area contributed by atoms with Crippen molar-refractivity contribution in [3.63, 3.8) is 0 Å². The monoisotopic (exact) mass is 267 g/mol. The predicted molar refractivity (Wildman–Crippen MR) is 70.3 cm³/mol. The zero-order valence-electron chi connectivity index (χ0n) is 11.0. The van der Waals surface area contributed by atoms with E-state index in [9.17, 15) is 9.18 Å². The molecule has 3 N–H and O–H groups in total. The Morgan fingerprint density at radius 2 is 2.05 bits per heavy atom. The maximum absolute atomic E-state index is 12.7. The van der Waals surface area contributed by atoms with Crippen LogP contribution in [0.1, 0.15) is 12.5 Å². The van der Waals surface area contributed by atoms with Gasteiger partial charge in [0.2, 0.25) is 5.91 Å². The van der Waals surface area contributed by atoms with Crippen molar-refractivity contribution >= 4 is 11.7 Å². The molecule has 1 rings (SSSR count). The minimum Gasteiger partial charge on any atom is -0.409 e.